The van der Waals surface area contributed by atoms with E-state index in [0.717, 1.165) is 41.1 Å². The molecule has 0 aromatic carbocycles. The Morgan fingerprint density at radius 1 is 1.12 bits per heavy atom. The average molecular weight is 497 g/mol. The first-order valence-electron chi connectivity index (χ1n) is 11.8. The Kier molecular flexibility index (Phi) is 7.32. The lowest BCUT2D eigenvalue weighted by atomic mass is 9.94. The molecule has 34 heavy (non-hydrogen) atoms. The predicted molar refractivity (Wildman–Crippen MR) is 133 cm³/mol. The number of hydrogen-bond donors (Lipinski definition) is 0. The monoisotopic (exact) mass is 496 g/mol. The normalized spacial score (nSPS) is 19.9. The maximum Gasteiger partial charge on any atom is 0.273 e. The summed E-state index contributed by atoms with van der Waals surface area (Å²) in [7, 11) is 0. The zero-order chi connectivity index (χ0) is 23.3. The van der Waals surface area contributed by atoms with Gasteiger partial charge in [-0.3, -0.25) is 14.6 Å². The number of ether oxygens (including phenoxy) is 1. The number of aromatic nitrogens is 2. The van der Waals surface area contributed by atoms with Crippen LogP contribution in [0.1, 0.15) is 48.2 Å². The van der Waals surface area contributed by atoms with Crippen molar-refractivity contribution >= 4 is 34.5 Å². The number of thiazole rings is 1. The van der Waals surface area contributed by atoms with Crippen LogP contribution in [-0.4, -0.2) is 63.4 Å². The molecule has 1 atom stereocenters. The van der Waals surface area contributed by atoms with E-state index in [-0.39, 0.29) is 30.5 Å². The molecule has 7 nitrogen and oxygen atoms in total. The molecule has 1 aliphatic heterocycles. The van der Waals surface area contributed by atoms with Crippen molar-refractivity contribution < 1.29 is 14.3 Å². The van der Waals surface area contributed by atoms with Gasteiger partial charge in [0.2, 0.25) is 5.91 Å². The third kappa shape index (κ3) is 5.37. The lowest BCUT2D eigenvalue weighted by Crippen LogP contribution is -2.46. The second-order valence-electron chi connectivity index (χ2n) is 8.83. The Morgan fingerprint density at radius 2 is 2.00 bits per heavy atom. The fourth-order valence-corrected chi connectivity index (χ4v) is 6.30. The minimum atomic E-state index is -0.270. The van der Waals surface area contributed by atoms with Crippen LogP contribution in [0, 0.1) is 0 Å². The standard InChI is InChI=1S/C25H28N4O3S2/c30-23-15-28(25(31)21-17-34-24(27-21)22-9-5-11-33-22)13-20(32-16-18-6-4-10-26-12-18)14-29(23)19-7-2-1-3-8-19/h4-6,9-12,17,19-20H,1-3,7-8,13-16H2/t20-/m1/s1. The molecule has 9 heteroatoms. The van der Waals surface area contributed by atoms with Gasteiger partial charge in [0.25, 0.3) is 5.91 Å². The van der Waals surface area contributed by atoms with Gasteiger partial charge in [-0.2, -0.15) is 0 Å². The van der Waals surface area contributed by atoms with Gasteiger partial charge in [0.15, 0.2) is 0 Å². The molecule has 3 aromatic rings. The van der Waals surface area contributed by atoms with Crippen LogP contribution < -0.4 is 0 Å². The smallest absolute Gasteiger partial charge is 0.273 e. The van der Waals surface area contributed by atoms with E-state index in [9.17, 15) is 9.59 Å². The van der Waals surface area contributed by atoms with E-state index in [1.165, 1.54) is 17.8 Å². The number of amides is 2. The summed E-state index contributed by atoms with van der Waals surface area (Å²) < 4.78 is 6.25. The van der Waals surface area contributed by atoms with E-state index in [4.69, 9.17) is 4.74 Å². The highest BCUT2D eigenvalue weighted by atomic mass is 32.1. The molecule has 5 rings (SSSR count). The number of pyridine rings is 1. The minimum Gasteiger partial charge on any atom is -0.370 e. The first-order valence-corrected chi connectivity index (χ1v) is 13.5. The van der Waals surface area contributed by atoms with Gasteiger partial charge >= 0.3 is 0 Å². The third-order valence-corrected chi connectivity index (χ3v) is 8.32. The van der Waals surface area contributed by atoms with Crippen LogP contribution in [0.5, 0.6) is 0 Å². The molecule has 4 heterocycles. The fraction of sp³-hybridized carbons (Fsp3) is 0.440. The van der Waals surface area contributed by atoms with E-state index in [1.54, 1.807) is 34.0 Å². The largest absolute Gasteiger partial charge is 0.370 e. The Bertz CT molecular complexity index is 1100. The van der Waals surface area contributed by atoms with Crippen molar-refractivity contribution in [2.75, 3.05) is 19.6 Å². The summed E-state index contributed by atoms with van der Waals surface area (Å²) >= 11 is 3.05. The third-order valence-electron chi connectivity index (χ3n) is 6.44. The van der Waals surface area contributed by atoms with Crippen molar-refractivity contribution in [3.05, 3.63) is 58.7 Å². The molecule has 2 fully saturated rings. The minimum absolute atomic E-state index is 0.00133. The number of thiophene rings is 1. The van der Waals surface area contributed by atoms with Gasteiger partial charge in [-0.15, -0.1) is 22.7 Å². The molecule has 0 bridgehead atoms. The molecule has 1 saturated heterocycles. The van der Waals surface area contributed by atoms with Crippen molar-refractivity contribution in [2.24, 2.45) is 0 Å². The molecule has 0 N–H and O–H groups in total. The van der Waals surface area contributed by atoms with Crippen LogP contribution >= 0.6 is 22.7 Å². The fourth-order valence-electron chi connectivity index (χ4n) is 4.69. The van der Waals surface area contributed by atoms with Crippen molar-refractivity contribution in [1.82, 2.24) is 19.8 Å². The SMILES string of the molecule is O=C(c1csc(-c2cccs2)n1)N1CC(=O)N(C2CCCCC2)C[C@H](OCc2cccnc2)C1. The van der Waals surface area contributed by atoms with Crippen LogP contribution in [0.15, 0.2) is 47.4 Å². The first-order chi connectivity index (χ1) is 16.7. The summed E-state index contributed by atoms with van der Waals surface area (Å²) in [5.41, 5.74) is 1.36. The topological polar surface area (TPSA) is 75.6 Å². The van der Waals surface area contributed by atoms with E-state index in [1.807, 2.05) is 34.5 Å². The molecule has 1 aliphatic carbocycles. The number of nitrogens with zero attached hydrogens (tertiary/aromatic N) is 4. The van der Waals surface area contributed by atoms with Gasteiger partial charge in [-0.05, 0) is 35.9 Å². The zero-order valence-corrected chi connectivity index (χ0v) is 20.6. The second kappa shape index (κ2) is 10.8. The number of rotatable bonds is 6. The molecule has 0 radical (unpaired) electrons. The zero-order valence-electron chi connectivity index (χ0n) is 19.0. The Hall–Kier alpha value is -2.62. The van der Waals surface area contributed by atoms with Crippen LogP contribution in [-0.2, 0) is 16.1 Å². The van der Waals surface area contributed by atoms with Crippen molar-refractivity contribution in [3.8, 4) is 9.88 Å². The summed E-state index contributed by atoms with van der Waals surface area (Å²) in [5, 5.41) is 4.61. The molecular weight excluding hydrogens is 468 g/mol. The number of carbonyl (C=O) groups excluding carboxylic acids is 2. The van der Waals surface area contributed by atoms with Crippen LogP contribution in [0.25, 0.3) is 9.88 Å². The molecular formula is C25H28N4O3S2. The highest BCUT2D eigenvalue weighted by Gasteiger charge is 2.35. The molecule has 3 aromatic heterocycles. The Balaban J connectivity index is 1.34. The number of hydrogen-bond acceptors (Lipinski definition) is 7. The summed E-state index contributed by atoms with van der Waals surface area (Å²) in [6.45, 7) is 1.32. The average Bonchev–Trinajstić information content (AvgIpc) is 3.55. The Labute approximate surface area is 207 Å². The van der Waals surface area contributed by atoms with E-state index < -0.39 is 0 Å². The Morgan fingerprint density at radius 3 is 2.76 bits per heavy atom. The van der Waals surface area contributed by atoms with E-state index in [0.29, 0.717) is 25.4 Å². The van der Waals surface area contributed by atoms with Crippen LogP contribution in [0.2, 0.25) is 0 Å². The first kappa shape index (κ1) is 23.1. The highest BCUT2D eigenvalue weighted by Crippen LogP contribution is 2.29. The molecule has 0 spiro atoms. The van der Waals surface area contributed by atoms with Gasteiger partial charge in [0.05, 0.1) is 17.6 Å². The van der Waals surface area contributed by atoms with Crippen molar-refractivity contribution in [1.29, 1.82) is 0 Å². The predicted octanol–water partition coefficient (Wildman–Crippen LogP) is 4.47. The summed E-state index contributed by atoms with van der Waals surface area (Å²) in [5.74, 6) is -0.214. The summed E-state index contributed by atoms with van der Waals surface area (Å²) in [4.78, 5) is 40.1. The number of carbonyl (C=O) groups is 2. The quantitative estimate of drug-likeness (QED) is 0.503. The summed E-state index contributed by atoms with van der Waals surface area (Å²) in [6, 6.07) is 8.05. The summed E-state index contributed by atoms with van der Waals surface area (Å²) in [6.07, 6.45) is 8.79. The van der Waals surface area contributed by atoms with Crippen molar-refractivity contribution in [3.63, 3.8) is 0 Å². The van der Waals surface area contributed by atoms with Crippen LogP contribution in [0.3, 0.4) is 0 Å². The van der Waals surface area contributed by atoms with E-state index in [2.05, 4.69) is 9.97 Å². The van der Waals surface area contributed by atoms with Crippen LogP contribution in [0.4, 0.5) is 0 Å². The van der Waals surface area contributed by atoms with Gasteiger partial charge in [0, 0.05) is 36.9 Å². The lowest BCUT2D eigenvalue weighted by molar-refractivity contribution is -0.134. The molecule has 2 amide bonds. The molecule has 0 unspecified atom stereocenters. The molecule has 2 aliphatic rings. The van der Waals surface area contributed by atoms with Gasteiger partial charge in [-0.1, -0.05) is 31.4 Å². The van der Waals surface area contributed by atoms with Gasteiger partial charge < -0.3 is 14.5 Å². The van der Waals surface area contributed by atoms with Gasteiger partial charge in [0.1, 0.15) is 17.2 Å². The van der Waals surface area contributed by atoms with Crippen molar-refractivity contribution in [2.45, 2.75) is 50.9 Å². The highest BCUT2D eigenvalue weighted by molar-refractivity contribution is 7.20. The van der Waals surface area contributed by atoms with E-state index >= 15 is 0 Å². The molecule has 1 saturated carbocycles. The maximum atomic E-state index is 13.4. The maximum absolute atomic E-state index is 13.4. The van der Waals surface area contributed by atoms with Gasteiger partial charge in [-0.25, -0.2) is 4.98 Å². The second-order valence-corrected chi connectivity index (χ2v) is 10.6. The molecule has 178 valence electrons. The lowest BCUT2D eigenvalue weighted by Gasteiger charge is -2.34.